The van der Waals surface area contributed by atoms with E-state index in [0.29, 0.717) is 29.3 Å². The number of anilines is 2. The molecule has 0 bridgehead atoms. The van der Waals surface area contributed by atoms with E-state index < -0.39 is 11.9 Å². The van der Waals surface area contributed by atoms with E-state index >= 15 is 0 Å². The van der Waals surface area contributed by atoms with Crippen LogP contribution in [0.1, 0.15) is 17.3 Å². The smallest absolute Gasteiger partial charge is 0.337 e. The van der Waals surface area contributed by atoms with Crippen molar-refractivity contribution in [1.82, 2.24) is 0 Å². The second-order valence-corrected chi connectivity index (χ2v) is 5.30. The molecule has 0 atom stereocenters. The molecule has 2 aromatic rings. The molecule has 0 fully saturated rings. The number of hydrogen-bond acceptors (Lipinski definition) is 6. The van der Waals surface area contributed by atoms with E-state index in [-0.39, 0.29) is 5.57 Å². The quantitative estimate of drug-likeness (QED) is 0.443. The summed E-state index contributed by atoms with van der Waals surface area (Å²) in [6, 6.07) is 15.2. The first-order chi connectivity index (χ1) is 13.1. The molecule has 27 heavy (non-hydrogen) atoms. The fourth-order valence-electron chi connectivity index (χ4n) is 2.16. The van der Waals surface area contributed by atoms with Crippen LogP contribution >= 0.6 is 0 Å². The number of carbonyl (C=O) groups is 2. The Balaban J connectivity index is 2.06. The summed E-state index contributed by atoms with van der Waals surface area (Å²) in [5.74, 6) is -0.339. The highest BCUT2D eigenvalue weighted by Crippen LogP contribution is 2.16. The summed E-state index contributed by atoms with van der Waals surface area (Å²) in [6.45, 7) is 2.43. The summed E-state index contributed by atoms with van der Waals surface area (Å²) in [6.07, 6.45) is 1.28. The standard InChI is InChI=1S/C20H19N3O4/c1-3-27-18-9-7-16(8-10-18)23-19(24)15(12-21)13-22-17-6-4-5-14(11-17)20(25)26-2/h4-11,13,22H,3H2,1-2H3,(H,23,24)/b15-13-. The van der Waals surface area contributed by atoms with E-state index in [1.165, 1.54) is 13.3 Å². The van der Waals surface area contributed by atoms with Crippen molar-refractivity contribution in [3.8, 4) is 11.8 Å². The lowest BCUT2D eigenvalue weighted by molar-refractivity contribution is -0.112. The Kier molecular flexibility index (Phi) is 6.97. The fraction of sp³-hybridized carbons (Fsp3) is 0.150. The van der Waals surface area contributed by atoms with Crippen molar-refractivity contribution in [2.24, 2.45) is 0 Å². The molecular formula is C20H19N3O4. The average Bonchev–Trinajstić information content (AvgIpc) is 2.69. The number of nitriles is 1. The number of methoxy groups -OCH3 is 1. The topological polar surface area (TPSA) is 100 Å². The van der Waals surface area contributed by atoms with Crippen LogP contribution < -0.4 is 15.4 Å². The molecule has 2 aromatic carbocycles. The van der Waals surface area contributed by atoms with Gasteiger partial charge in [0.15, 0.2) is 0 Å². The molecule has 7 heteroatoms. The van der Waals surface area contributed by atoms with Crippen molar-refractivity contribution in [2.75, 3.05) is 24.4 Å². The van der Waals surface area contributed by atoms with Gasteiger partial charge in [0.1, 0.15) is 17.4 Å². The van der Waals surface area contributed by atoms with Gasteiger partial charge in [0.2, 0.25) is 0 Å². The molecule has 0 saturated carbocycles. The van der Waals surface area contributed by atoms with Crippen LogP contribution in [0.4, 0.5) is 11.4 Å². The maximum absolute atomic E-state index is 12.2. The average molecular weight is 365 g/mol. The SMILES string of the molecule is CCOc1ccc(NC(=O)/C(C#N)=C\Nc2cccc(C(=O)OC)c2)cc1. The molecule has 0 heterocycles. The molecule has 2 N–H and O–H groups in total. The first-order valence-electron chi connectivity index (χ1n) is 8.16. The highest BCUT2D eigenvalue weighted by molar-refractivity contribution is 6.06. The molecule has 7 nitrogen and oxygen atoms in total. The number of esters is 1. The van der Waals surface area contributed by atoms with Gasteiger partial charge in [0.05, 0.1) is 19.3 Å². The lowest BCUT2D eigenvalue weighted by atomic mass is 10.2. The Hall–Kier alpha value is -3.79. The number of amides is 1. The van der Waals surface area contributed by atoms with E-state index in [1.807, 2.05) is 13.0 Å². The second kappa shape index (κ2) is 9.63. The van der Waals surface area contributed by atoms with Gasteiger partial charge in [-0.25, -0.2) is 4.79 Å². The molecule has 1 amide bonds. The highest BCUT2D eigenvalue weighted by Gasteiger charge is 2.10. The van der Waals surface area contributed by atoms with Crippen LogP contribution in [0.3, 0.4) is 0 Å². The van der Waals surface area contributed by atoms with E-state index in [4.69, 9.17) is 4.74 Å². The minimum atomic E-state index is -0.557. The fourth-order valence-corrected chi connectivity index (χ4v) is 2.16. The summed E-state index contributed by atoms with van der Waals surface area (Å²) in [7, 11) is 1.29. The number of nitrogens with zero attached hydrogens (tertiary/aromatic N) is 1. The lowest BCUT2D eigenvalue weighted by Gasteiger charge is -2.07. The third kappa shape index (κ3) is 5.61. The van der Waals surface area contributed by atoms with Crippen LogP contribution in [-0.2, 0) is 9.53 Å². The zero-order chi connectivity index (χ0) is 19.6. The molecule has 0 aromatic heterocycles. The number of benzene rings is 2. The molecular weight excluding hydrogens is 346 g/mol. The van der Waals surface area contributed by atoms with Crippen LogP contribution in [0, 0.1) is 11.3 Å². The summed E-state index contributed by atoms with van der Waals surface area (Å²) in [5.41, 5.74) is 1.32. The van der Waals surface area contributed by atoms with Crippen LogP contribution in [0.5, 0.6) is 5.75 Å². The van der Waals surface area contributed by atoms with Crippen LogP contribution in [-0.4, -0.2) is 25.6 Å². The van der Waals surface area contributed by atoms with Crippen molar-refractivity contribution >= 4 is 23.3 Å². The van der Waals surface area contributed by atoms with Gasteiger partial charge in [0.25, 0.3) is 5.91 Å². The van der Waals surface area contributed by atoms with E-state index in [1.54, 1.807) is 48.5 Å². The van der Waals surface area contributed by atoms with Crippen LogP contribution in [0.25, 0.3) is 0 Å². The molecule has 0 aliphatic heterocycles. The van der Waals surface area contributed by atoms with Gasteiger partial charge in [0, 0.05) is 17.6 Å². The third-order valence-electron chi connectivity index (χ3n) is 3.46. The molecule has 0 unspecified atom stereocenters. The first-order valence-corrected chi connectivity index (χ1v) is 8.16. The summed E-state index contributed by atoms with van der Waals surface area (Å²) < 4.78 is 10.00. The Morgan fingerprint density at radius 1 is 1.15 bits per heavy atom. The largest absolute Gasteiger partial charge is 0.494 e. The molecule has 0 aliphatic rings. The maximum atomic E-state index is 12.2. The maximum Gasteiger partial charge on any atom is 0.337 e. The van der Waals surface area contributed by atoms with Crippen LogP contribution in [0.2, 0.25) is 0 Å². The minimum Gasteiger partial charge on any atom is -0.494 e. The van der Waals surface area contributed by atoms with Crippen molar-refractivity contribution in [1.29, 1.82) is 5.26 Å². The van der Waals surface area contributed by atoms with Gasteiger partial charge in [-0.1, -0.05) is 6.07 Å². The van der Waals surface area contributed by atoms with Gasteiger partial charge in [-0.3, -0.25) is 4.79 Å². The van der Waals surface area contributed by atoms with E-state index in [0.717, 1.165) is 0 Å². The monoisotopic (exact) mass is 365 g/mol. The number of ether oxygens (including phenoxy) is 2. The van der Waals surface area contributed by atoms with Crippen molar-refractivity contribution < 1.29 is 19.1 Å². The molecule has 0 radical (unpaired) electrons. The zero-order valence-electron chi connectivity index (χ0n) is 15.0. The van der Waals surface area contributed by atoms with E-state index in [2.05, 4.69) is 15.4 Å². The normalized spacial score (nSPS) is 10.5. The molecule has 138 valence electrons. The predicted octanol–water partition coefficient (Wildman–Crippen LogP) is 3.33. The third-order valence-corrected chi connectivity index (χ3v) is 3.46. The highest BCUT2D eigenvalue weighted by atomic mass is 16.5. The Morgan fingerprint density at radius 2 is 1.89 bits per heavy atom. The molecule has 0 saturated heterocycles. The van der Waals surface area contributed by atoms with E-state index in [9.17, 15) is 14.9 Å². The van der Waals surface area contributed by atoms with Gasteiger partial charge in [-0.15, -0.1) is 0 Å². The van der Waals surface area contributed by atoms with Crippen molar-refractivity contribution in [2.45, 2.75) is 6.92 Å². The number of carbonyl (C=O) groups excluding carboxylic acids is 2. The summed E-state index contributed by atoms with van der Waals surface area (Å²) in [5, 5.41) is 14.7. The van der Waals surface area contributed by atoms with Gasteiger partial charge in [-0.05, 0) is 49.4 Å². The summed E-state index contributed by atoms with van der Waals surface area (Å²) >= 11 is 0. The number of hydrogen-bond donors (Lipinski definition) is 2. The minimum absolute atomic E-state index is 0.118. The van der Waals surface area contributed by atoms with Crippen molar-refractivity contribution in [3.63, 3.8) is 0 Å². The lowest BCUT2D eigenvalue weighted by Crippen LogP contribution is -2.14. The zero-order valence-corrected chi connectivity index (χ0v) is 15.0. The van der Waals surface area contributed by atoms with Crippen molar-refractivity contribution in [3.05, 3.63) is 65.9 Å². The van der Waals surface area contributed by atoms with Crippen LogP contribution in [0.15, 0.2) is 60.3 Å². The summed E-state index contributed by atoms with van der Waals surface area (Å²) in [4.78, 5) is 23.8. The van der Waals surface area contributed by atoms with Gasteiger partial charge in [-0.2, -0.15) is 5.26 Å². The predicted molar refractivity (Wildman–Crippen MR) is 101 cm³/mol. The second-order valence-electron chi connectivity index (χ2n) is 5.30. The Labute approximate surface area is 157 Å². The Morgan fingerprint density at radius 3 is 2.52 bits per heavy atom. The van der Waals surface area contributed by atoms with Gasteiger partial charge < -0.3 is 20.1 Å². The molecule has 0 aliphatic carbocycles. The molecule has 0 spiro atoms. The number of nitrogens with one attached hydrogen (secondary N) is 2. The number of rotatable bonds is 7. The Bertz CT molecular complexity index is 883. The molecule has 2 rings (SSSR count). The first kappa shape index (κ1) is 19.5. The van der Waals surface area contributed by atoms with Gasteiger partial charge >= 0.3 is 5.97 Å².